The number of carbonyl (C=O) groups is 3. The van der Waals surface area contributed by atoms with E-state index >= 15 is 0 Å². The summed E-state index contributed by atoms with van der Waals surface area (Å²) < 4.78 is 5.24. The van der Waals surface area contributed by atoms with Crippen LogP contribution in [0.25, 0.3) is 0 Å². The number of aryl methyl sites for hydroxylation is 1. The Morgan fingerprint density at radius 3 is 2.63 bits per heavy atom. The molecule has 0 aromatic heterocycles. The Labute approximate surface area is 177 Å². The third-order valence-corrected chi connectivity index (χ3v) is 5.29. The van der Waals surface area contributed by atoms with E-state index in [9.17, 15) is 19.5 Å². The third-order valence-electron chi connectivity index (χ3n) is 5.29. The molecule has 0 radical (unpaired) electrons. The van der Waals surface area contributed by atoms with E-state index in [2.05, 4.69) is 5.32 Å². The summed E-state index contributed by atoms with van der Waals surface area (Å²) in [5.74, 6) is -1.74. The van der Waals surface area contributed by atoms with Gasteiger partial charge in [-0.3, -0.25) is 14.9 Å². The number of amides is 1. The fourth-order valence-corrected chi connectivity index (χ4v) is 3.61. The summed E-state index contributed by atoms with van der Waals surface area (Å²) in [5, 5.41) is 21.3. The minimum Gasteiger partial charge on any atom is -0.480 e. The quantitative estimate of drug-likeness (QED) is 0.345. The topological polar surface area (TPSA) is 116 Å². The molecular weight excluding hydrogens is 388 g/mol. The zero-order valence-electron chi connectivity index (χ0n) is 17.5. The summed E-state index contributed by atoms with van der Waals surface area (Å²) in [4.78, 5) is 38.4. The summed E-state index contributed by atoms with van der Waals surface area (Å²) in [7, 11) is 0. The van der Waals surface area contributed by atoms with E-state index < -0.39 is 30.1 Å². The minimum absolute atomic E-state index is 0.0454. The number of nitrogens with one attached hydrogen (secondary N) is 1. The number of unbranched alkanes of at least 4 members (excludes halogenated alkanes) is 1. The summed E-state index contributed by atoms with van der Waals surface area (Å²) in [6.07, 6.45) is 3.30. The van der Waals surface area contributed by atoms with Gasteiger partial charge in [-0.15, -0.1) is 0 Å². The van der Waals surface area contributed by atoms with Crippen molar-refractivity contribution in [2.75, 3.05) is 19.8 Å². The van der Waals surface area contributed by atoms with Crippen LogP contribution in [-0.2, 0) is 25.5 Å². The number of benzene rings is 1. The molecule has 166 valence electrons. The number of carboxylic acids is 1. The molecule has 0 bridgehead atoms. The fraction of sp³-hybridized carbons (Fsp3) is 0.591. The molecule has 0 aliphatic carbocycles. The molecule has 30 heavy (non-hydrogen) atoms. The Hall–Kier alpha value is -2.45. The van der Waals surface area contributed by atoms with E-state index in [1.54, 1.807) is 6.92 Å². The normalized spacial score (nSPS) is 18.1. The van der Waals surface area contributed by atoms with Crippen molar-refractivity contribution < 1.29 is 29.3 Å². The number of ether oxygens (including phenoxy) is 1. The average molecular weight is 421 g/mol. The number of carboxylic acid groups (broad SMARTS) is 1. The minimum atomic E-state index is -1.01. The number of rotatable bonds is 12. The summed E-state index contributed by atoms with van der Waals surface area (Å²) in [6.45, 7) is 2.34. The number of hydrogen-bond acceptors (Lipinski definition) is 6. The first-order chi connectivity index (χ1) is 14.4. The van der Waals surface area contributed by atoms with E-state index in [1.165, 1.54) is 4.90 Å². The molecule has 1 heterocycles. The van der Waals surface area contributed by atoms with Gasteiger partial charge in [0.15, 0.2) is 0 Å². The maximum Gasteiger partial charge on any atom is 0.328 e. The van der Waals surface area contributed by atoms with Gasteiger partial charge in [-0.05, 0) is 51.0 Å². The first-order valence-corrected chi connectivity index (χ1v) is 10.5. The molecule has 1 fully saturated rings. The lowest BCUT2D eigenvalue weighted by Crippen LogP contribution is -2.53. The Morgan fingerprint density at radius 1 is 1.23 bits per heavy atom. The molecule has 1 aliphatic heterocycles. The van der Waals surface area contributed by atoms with Gasteiger partial charge in [-0.2, -0.15) is 0 Å². The second kappa shape index (κ2) is 12.3. The zero-order valence-corrected chi connectivity index (χ0v) is 17.5. The lowest BCUT2D eigenvalue weighted by Gasteiger charge is -2.28. The molecule has 3 N–H and O–H groups in total. The molecular formula is C22H32N2O6. The molecule has 0 unspecified atom stereocenters. The van der Waals surface area contributed by atoms with Crippen LogP contribution in [0.1, 0.15) is 44.6 Å². The van der Waals surface area contributed by atoms with Crippen molar-refractivity contribution >= 4 is 17.8 Å². The van der Waals surface area contributed by atoms with Crippen molar-refractivity contribution in [3.8, 4) is 0 Å². The van der Waals surface area contributed by atoms with Crippen LogP contribution in [0.3, 0.4) is 0 Å². The molecule has 0 saturated carbocycles. The van der Waals surface area contributed by atoms with E-state index in [0.717, 1.165) is 5.56 Å². The fourth-order valence-electron chi connectivity index (χ4n) is 3.61. The van der Waals surface area contributed by atoms with Crippen molar-refractivity contribution in [3.05, 3.63) is 35.9 Å². The smallest absolute Gasteiger partial charge is 0.328 e. The summed E-state index contributed by atoms with van der Waals surface area (Å²) >= 11 is 0. The number of hydrogen-bond donors (Lipinski definition) is 3. The van der Waals surface area contributed by atoms with E-state index in [4.69, 9.17) is 9.84 Å². The van der Waals surface area contributed by atoms with Gasteiger partial charge in [-0.1, -0.05) is 30.3 Å². The van der Waals surface area contributed by atoms with Crippen LogP contribution in [-0.4, -0.2) is 70.8 Å². The predicted octanol–water partition coefficient (Wildman–Crippen LogP) is 1.36. The first-order valence-electron chi connectivity index (χ1n) is 10.5. The Balaban J connectivity index is 1.89. The molecule has 1 saturated heterocycles. The number of carbonyl (C=O) groups excluding carboxylic acids is 2. The van der Waals surface area contributed by atoms with E-state index in [0.29, 0.717) is 45.1 Å². The predicted molar refractivity (Wildman–Crippen MR) is 111 cm³/mol. The van der Waals surface area contributed by atoms with Gasteiger partial charge < -0.3 is 19.8 Å². The largest absolute Gasteiger partial charge is 0.480 e. The van der Waals surface area contributed by atoms with Crippen LogP contribution in [0.4, 0.5) is 0 Å². The molecule has 2 rings (SSSR count). The van der Waals surface area contributed by atoms with Crippen LogP contribution in [0, 0.1) is 0 Å². The first kappa shape index (κ1) is 23.8. The van der Waals surface area contributed by atoms with Crippen molar-refractivity contribution in [1.29, 1.82) is 0 Å². The maximum atomic E-state index is 12.9. The van der Waals surface area contributed by atoms with Crippen LogP contribution in [0.5, 0.6) is 0 Å². The van der Waals surface area contributed by atoms with Gasteiger partial charge in [0.2, 0.25) is 5.91 Å². The molecule has 1 amide bonds. The Morgan fingerprint density at radius 2 is 1.97 bits per heavy atom. The lowest BCUT2D eigenvalue weighted by atomic mass is 10.0. The number of nitrogens with zero attached hydrogens (tertiary/aromatic N) is 1. The van der Waals surface area contributed by atoms with Gasteiger partial charge in [-0.25, -0.2) is 4.79 Å². The van der Waals surface area contributed by atoms with Crippen LogP contribution in [0.15, 0.2) is 30.3 Å². The van der Waals surface area contributed by atoms with Gasteiger partial charge in [0, 0.05) is 13.2 Å². The molecule has 8 heteroatoms. The monoisotopic (exact) mass is 420 g/mol. The van der Waals surface area contributed by atoms with Gasteiger partial charge in [0.1, 0.15) is 12.1 Å². The van der Waals surface area contributed by atoms with Crippen molar-refractivity contribution in [3.63, 3.8) is 0 Å². The van der Waals surface area contributed by atoms with Gasteiger partial charge in [0.05, 0.1) is 12.6 Å². The Bertz CT molecular complexity index is 696. The average Bonchev–Trinajstić information content (AvgIpc) is 3.23. The standard InChI is InChI=1S/C22H32N2O6/c1-16(23-18(21(27)28)12-11-17-8-3-2-4-9-17)20(26)24-13-7-10-19(24)22(29)30-15-6-5-14-25/h2-4,8-9,16,18-19,23,25H,5-7,10-15H2,1H3,(H,27,28)/t16-,18-,19-/m0/s1. The maximum absolute atomic E-state index is 12.9. The lowest BCUT2D eigenvalue weighted by molar-refractivity contribution is -0.154. The number of aliphatic hydroxyl groups is 1. The van der Waals surface area contributed by atoms with Crippen LogP contribution in [0.2, 0.25) is 0 Å². The molecule has 3 atom stereocenters. The van der Waals surface area contributed by atoms with Gasteiger partial charge in [0.25, 0.3) is 0 Å². The second-order valence-electron chi connectivity index (χ2n) is 7.59. The highest BCUT2D eigenvalue weighted by molar-refractivity contribution is 5.88. The SMILES string of the molecule is C[C@H](N[C@@H](CCc1ccccc1)C(=O)O)C(=O)N1CCC[C@H]1C(=O)OCCCCO. The molecule has 8 nitrogen and oxygen atoms in total. The number of esters is 1. The summed E-state index contributed by atoms with van der Waals surface area (Å²) in [5.41, 5.74) is 1.04. The highest BCUT2D eigenvalue weighted by Gasteiger charge is 2.37. The highest BCUT2D eigenvalue weighted by Crippen LogP contribution is 2.20. The number of aliphatic hydroxyl groups excluding tert-OH is 1. The molecule has 1 aromatic rings. The number of aliphatic carboxylic acids is 1. The second-order valence-corrected chi connectivity index (χ2v) is 7.59. The highest BCUT2D eigenvalue weighted by atomic mass is 16.5. The van der Waals surface area contributed by atoms with Crippen LogP contribution < -0.4 is 5.32 Å². The Kier molecular flexibility index (Phi) is 9.76. The third kappa shape index (κ3) is 7.11. The van der Waals surface area contributed by atoms with Crippen molar-refractivity contribution in [1.82, 2.24) is 10.2 Å². The number of likely N-dealkylation sites (tertiary alicyclic amines) is 1. The molecule has 1 aromatic carbocycles. The summed E-state index contributed by atoms with van der Waals surface area (Å²) in [6, 6.07) is 7.36. The van der Waals surface area contributed by atoms with Crippen LogP contribution >= 0.6 is 0 Å². The molecule has 1 aliphatic rings. The molecule has 0 spiro atoms. The van der Waals surface area contributed by atoms with Gasteiger partial charge >= 0.3 is 11.9 Å². The zero-order chi connectivity index (χ0) is 21.9. The van der Waals surface area contributed by atoms with Crippen molar-refractivity contribution in [2.45, 2.75) is 63.6 Å². The van der Waals surface area contributed by atoms with E-state index in [1.807, 2.05) is 30.3 Å². The van der Waals surface area contributed by atoms with E-state index in [-0.39, 0.29) is 19.1 Å². The van der Waals surface area contributed by atoms with Crippen molar-refractivity contribution in [2.24, 2.45) is 0 Å².